The summed E-state index contributed by atoms with van der Waals surface area (Å²) in [5, 5.41) is 6.84. The lowest BCUT2D eigenvalue weighted by Gasteiger charge is -2.41. The van der Waals surface area contributed by atoms with Crippen molar-refractivity contribution < 1.29 is 41.8 Å². The zero-order valence-corrected chi connectivity index (χ0v) is 30.2. The van der Waals surface area contributed by atoms with Gasteiger partial charge in [0.15, 0.2) is 0 Å². The molecule has 1 amide bonds. The van der Waals surface area contributed by atoms with Crippen LogP contribution in [0.25, 0.3) is 0 Å². The quantitative estimate of drug-likeness (QED) is 0.163. The van der Waals surface area contributed by atoms with E-state index in [0.29, 0.717) is 31.7 Å². The van der Waals surface area contributed by atoms with E-state index in [-0.39, 0.29) is 18.8 Å². The monoisotopic (exact) mass is 704 g/mol. The second-order valence-electron chi connectivity index (χ2n) is 14.6. The Morgan fingerprint density at radius 2 is 1.86 bits per heavy atom. The van der Waals surface area contributed by atoms with Crippen LogP contribution >= 0.6 is 0 Å². The van der Waals surface area contributed by atoms with E-state index < -0.39 is 61.0 Å². The van der Waals surface area contributed by atoms with E-state index in [9.17, 15) is 27.6 Å². The predicted molar refractivity (Wildman–Crippen MR) is 182 cm³/mol. The standard InChI is InChI=1S/C35H47F3N4O6Si/c1-23(43)47-16-10-15-42-29-14-9-13-27(40-31(44)24-11-8-12-25(19-24)35(36,37)38)30(29)41-34(42,22-46-17-18-49(5,6)7)26-20-28(39-21-26)32(45)48-33(2,3)4/h8-9,11-14,19,21,28,30,39,41H,10,15-18,20,22H2,1-7H3. The van der Waals surface area contributed by atoms with Crippen molar-refractivity contribution >= 4 is 31.6 Å². The van der Waals surface area contributed by atoms with E-state index in [1.807, 2.05) is 6.08 Å². The number of fused-ring (bicyclic) bond motifs is 1. The molecule has 1 aliphatic carbocycles. The molecule has 0 aromatic heterocycles. The lowest BCUT2D eigenvalue weighted by atomic mass is 9.95. The highest BCUT2D eigenvalue weighted by Gasteiger charge is 2.53. The summed E-state index contributed by atoms with van der Waals surface area (Å²) in [5.74, 6) is -1.62. The average Bonchev–Trinajstić information content (AvgIpc) is 3.61. The van der Waals surface area contributed by atoms with Crippen LogP contribution in [-0.2, 0) is 30.0 Å². The minimum Gasteiger partial charge on any atom is -0.466 e. The number of alkyl halides is 3. The zero-order valence-electron chi connectivity index (χ0n) is 29.2. The summed E-state index contributed by atoms with van der Waals surface area (Å²) in [5.41, 5.74) is -0.973. The van der Waals surface area contributed by atoms with Gasteiger partial charge in [-0.3, -0.25) is 14.9 Å². The minimum atomic E-state index is -4.61. The summed E-state index contributed by atoms with van der Waals surface area (Å²) in [6.07, 6.45) is 3.20. The maximum Gasteiger partial charge on any atom is 0.416 e. The van der Waals surface area contributed by atoms with Crippen LogP contribution in [0.2, 0.25) is 25.7 Å². The van der Waals surface area contributed by atoms with Crippen LogP contribution in [0.4, 0.5) is 13.2 Å². The lowest BCUT2D eigenvalue weighted by molar-refractivity contribution is -0.157. The molecule has 3 unspecified atom stereocenters. The molecule has 0 saturated carbocycles. The number of aliphatic imine (C=N–C) groups is 1. The van der Waals surface area contributed by atoms with Crippen molar-refractivity contribution in [2.75, 3.05) is 26.4 Å². The molecule has 4 rings (SSSR count). The molecule has 1 aromatic carbocycles. The highest BCUT2D eigenvalue weighted by atomic mass is 28.3. The van der Waals surface area contributed by atoms with Gasteiger partial charge in [-0.15, -0.1) is 0 Å². The van der Waals surface area contributed by atoms with Crippen molar-refractivity contribution in [3.05, 3.63) is 71.1 Å². The fraction of sp³-hybridized carbons (Fsp3) is 0.543. The van der Waals surface area contributed by atoms with Crippen molar-refractivity contribution in [1.82, 2.24) is 15.5 Å². The second kappa shape index (κ2) is 15.0. The number of hydrogen-bond donors (Lipinski definition) is 2. The zero-order chi connectivity index (χ0) is 36.2. The van der Waals surface area contributed by atoms with E-state index in [4.69, 9.17) is 14.2 Å². The molecule has 3 atom stereocenters. The van der Waals surface area contributed by atoms with Crippen molar-refractivity contribution in [1.29, 1.82) is 0 Å². The Kier molecular flexibility index (Phi) is 11.7. The largest absolute Gasteiger partial charge is 0.466 e. The molecule has 2 heterocycles. The Balaban J connectivity index is 1.71. The number of ether oxygens (including phenoxy) is 3. The van der Waals surface area contributed by atoms with E-state index in [0.717, 1.165) is 29.4 Å². The number of benzene rings is 1. The number of hydrogen-bond acceptors (Lipinski definition) is 9. The Hall–Kier alpha value is -3.75. The third-order valence-electron chi connectivity index (χ3n) is 8.19. The number of nitrogens with zero attached hydrogens (tertiary/aromatic N) is 2. The molecule has 2 aliphatic heterocycles. The number of rotatable bonds is 12. The first kappa shape index (κ1) is 38.1. The summed E-state index contributed by atoms with van der Waals surface area (Å²) in [7, 11) is -1.44. The molecule has 14 heteroatoms. The van der Waals surface area contributed by atoms with Crippen LogP contribution < -0.4 is 10.6 Å². The third kappa shape index (κ3) is 9.91. The number of amides is 1. The van der Waals surface area contributed by atoms with Gasteiger partial charge in [0, 0.05) is 52.0 Å². The molecule has 1 aromatic rings. The molecule has 268 valence electrons. The Labute approximate surface area is 286 Å². The minimum absolute atomic E-state index is 0.166. The van der Waals surface area contributed by atoms with Gasteiger partial charge in [0.25, 0.3) is 5.91 Å². The van der Waals surface area contributed by atoms with Crippen molar-refractivity contribution in [3.8, 4) is 0 Å². The Bertz CT molecular complexity index is 1540. The molecule has 2 N–H and O–H groups in total. The average molecular weight is 705 g/mol. The smallest absolute Gasteiger partial charge is 0.416 e. The van der Waals surface area contributed by atoms with E-state index in [1.54, 1.807) is 39.1 Å². The summed E-state index contributed by atoms with van der Waals surface area (Å²) in [6, 6.07) is 3.80. The SMILES string of the molecule is CC(=O)OCCCN1C2=CC=CC(=NC(=O)c3cccc(C(F)(F)F)c3)C2NC1(COCC[Si](C)(C)C)C1=CNC(C(=O)OC(C)(C)C)C1. The van der Waals surface area contributed by atoms with Crippen molar-refractivity contribution in [2.24, 2.45) is 4.99 Å². The summed E-state index contributed by atoms with van der Waals surface area (Å²) >= 11 is 0. The molecule has 0 spiro atoms. The fourth-order valence-electron chi connectivity index (χ4n) is 5.82. The Morgan fingerprint density at radius 1 is 1.12 bits per heavy atom. The fourth-order valence-corrected chi connectivity index (χ4v) is 6.58. The maximum absolute atomic E-state index is 13.4. The van der Waals surface area contributed by atoms with Gasteiger partial charge in [-0.1, -0.05) is 31.8 Å². The van der Waals surface area contributed by atoms with Gasteiger partial charge >= 0.3 is 18.1 Å². The molecule has 0 radical (unpaired) electrons. The summed E-state index contributed by atoms with van der Waals surface area (Å²) < 4.78 is 57.5. The van der Waals surface area contributed by atoms with Crippen LogP contribution in [0.15, 0.2) is 65.0 Å². The topological polar surface area (TPSA) is 119 Å². The van der Waals surface area contributed by atoms with E-state index in [1.165, 1.54) is 19.1 Å². The molecule has 49 heavy (non-hydrogen) atoms. The van der Waals surface area contributed by atoms with Crippen LogP contribution in [0.5, 0.6) is 0 Å². The van der Waals surface area contributed by atoms with Gasteiger partial charge in [-0.25, -0.2) is 9.79 Å². The van der Waals surface area contributed by atoms with Gasteiger partial charge in [-0.05, 0) is 69.2 Å². The molecule has 3 aliphatic rings. The first-order valence-corrected chi connectivity index (χ1v) is 20.1. The third-order valence-corrected chi connectivity index (χ3v) is 9.90. The maximum atomic E-state index is 13.4. The summed E-state index contributed by atoms with van der Waals surface area (Å²) in [4.78, 5) is 44.4. The predicted octanol–water partition coefficient (Wildman–Crippen LogP) is 5.61. The number of allylic oxidation sites excluding steroid dienone is 2. The molecule has 1 fully saturated rings. The normalized spacial score (nSPS) is 23.1. The first-order valence-electron chi connectivity index (χ1n) is 16.4. The van der Waals surface area contributed by atoms with E-state index in [2.05, 4.69) is 40.2 Å². The van der Waals surface area contributed by atoms with Crippen molar-refractivity contribution in [3.63, 3.8) is 0 Å². The number of esters is 2. The lowest BCUT2D eigenvalue weighted by Crippen LogP contribution is -2.58. The number of carbonyl (C=O) groups excluding carboxylic acids is 3. The van der Waals surface area contributed by atoms with Crippen LogP contribution in [-0.4, -0.2) is 86.2 Å². The van der Waals surface area contributed by atoms with E-state index >= 15 is 0 Å². The molecule has 0 bridgehead atoms. The van der Waals surface area contributed by atoms with Gasteiger partial charge in [0.05, 0.1) is 30.5 Å². The molecule has 10 nitrogen and oxygen atoms in total. The second-order valence-corrected chi connectivity index (χ2v) is 20.3. The highest BCUT2D eigenvalue weighted by molar-refractivity contribution is 6.76. The molecular formula is C35H47F3N4O6Si. The van der Waals surface area contributed by atoms with Crippen LogP contribution in [0.1, 0.15) is 56.5 Å². The number of nitrogens with one attached hydrogen (secondary N) is 2. The Morgan fingerprint density at radius 3 is 2.51 bits per heavy atom. The molecular weight excluding hydrogens is 657 g/mol. The number of carbonyl (C=O) groups is 3. The number of halogens is 3. The molecule has 1 saturated heterocycles. The van der Waals surface area contributed by atoms with Crippen LogP contribution in [0.3, 0.4) is 0 Å². The van der Waals surface area contributed by atoms with Crippen molar-refractivity contribution in [2.45, 2.75) is 95.7 Å². The van der Waals surface area contributed by atoms with Gasteiger partial charge < -0.3 is 24.4 Å². The van der Waals surface area contributed by atoms with Gasteiger partial charge in [0.2, 0.25) is 0 Å². The first-order chi connectivity index (χ1) is 22.8. The van der Waals surface area contributed by atoms with Gasteiger partial charge in [-0.2, -0.15) is 13.2 Å². The highest BCUT2D eigenvalue weighted by Crippen LogP contribution is 2.41. The van der Waals surface area contributed by atoms with Crippen LogP contribution in [0, 0.1) is 0 Å². The summed E-state index contributed by atoms with van der Waals surface area (Å²) in [6.45, 7) is 14.8. The van der Waals surface area contributed by atoms with Gasteiger partial charge in [0.1, 0.15) is 17.3 Å².